The Morgan fingerprint density at radius 1 is 1.00 bits per heavy atom. The minimum Gasteiger partial charge on any atom is -0.497 e. The number of ether oxygens (including phenoxy) is 2. The predicted octanol–water partition coefficient (Wildman–Crippen LogP) is 4.68. The van der Waals surface area contributed by atoms with E-state index in [2.05, 4.69) is 5.32 Å². The lowest BCUT2D eigenvalue weighted by molar-refractivity contribution is -0.123. The Hall–Kier alpha value is -3.65. The van der Waals surface area contributed by atoms with Gasteiger partial charge in [0.25, 0.3) is 5.91 Å². The van der Waals surface area contributed by atoms with Crippen LogP contribution in [0.4, 0.5) is 16.2 Å². The molecule has 0 radical (unpaired) electrons. The van der Waals surface area contributed by atoms with Crippen molar-refractivity contribution in [1.82, 2.24) is 4.90 Å². The van der Waals surface area contributed by atoms with Crippen molar-refractivity contribution in [3.05, 3.63) is 83.9 Å². The Bertz CT molecular complexity index is 1230. The molecule has 1 saturated heterocycles. The summed E-state index contributed by atoms with van der Waals surface area (Å²) >= 11 is 1.51. The number of anilines is 2. The van der Waals surface area contributed by atoms with Crippen LogP contribution in [0.2, 0.25) is 0 Å². The number of fused-ring (bicyclic) bond motifs is 2. The molecule has 3 aromatic rings. The number of rotatable bonds is 5. The van der Waals surface area contributed by atoms with Gasteiger partial charge in [-0.05, 0) is 48.0 Å². The van der Waals surface area contributed by atoms with Crippen molar-refractivity contribution in [2.75, 3.05) is 36.7 Å². The van der Waals surface area contributed by atoms with Gasteiger partial charge in [-0.15, -0.1) is 11.8 Å². The van der Waals surface area contributed by atoms with E-state index in [1.165, 1.54) is 11.8 Å². The zero-order chi connectivity index (χ0) is 23.7. The molecule has 1 atom stereocenters. The van der Waals surface area contributed by atoms with Crippen LogP contribution in [-0.4, -0.2) is 43.4 Å². The second-order valence-corrected chi connectivity index (χ2v) is 9.35. The summed E-state index contributed by atoms with van der Waals surface area (Å²) in [5.74, 6) is 2.01. The number of methoxy groups -OCH3 is 2. The largest absolute Gasteiger partial charge is 0.497 e. The highest BCUT2D eigenvalue weighted by molar-refractivity contribution is 8.01. The predicted molar refractivity (Wildman–Crippen MR) is 133 cm³/mol. The van der Waals surface area contributed by atoms with Crippen molar-refractivity contribution in [1.29, 1.82) is 0 Å². The molecule has 174 valence electrons. The molecule has 7 nitrogen and oxygen atoms in total. The SMILES string of the molecule is COc1ccc(NC(=O)N2CCSC23C(=O)N(Cc2cccc(OC)c2)c2ccccc23)cc1. The number of amides is 3. The quantitative estimate of drug-likeness (QED) is 0.580. The third-order valence-electron chi connectivity index (χ3n) is 6.16. The van der Waals surface area contributed by atoms with Crippen LogP contribution in [0, 0.1) is 0 Å². The number of nitrogens with one attached hydrogen (secondary N) is 1. The smallest absolute Gasteiger partial charge is 0.323 e. The van der Waals surface area contributed by atoms with Gasteiger partial charge in [-0.1, -0.05) is 30.3 Å². The molecule has 1 N–H and O–H groups in total. The molecule has 2 aliphatic heterocycles. The van der Waals surface area contributed by atoms with Gasteiger partial charge in [0.2, 0.25) is 0 Å². The molecule has 34 heavy (non-hydrogen) atoms. The zero-order valence-electron chi connectivity index (χ0n) is 19.0. The number of nitrogens with zero attached hydrogens (tertiary/aromatic N) is 2. The number of hydrogen-bond donors (Lipinski definition) is 1. The lowest BCUT2D eigenvalue weighted by Crippen LogP contribution is -2.51. The standard InChI is InChI=1S/C26H25N3O4S/c1-32-20-12-10-19(11-13-20)27-25(31)29-14-15-34-26(29)22-8-3-4-9-23(22)28(24(26)30)17-18-6-5-7-21(16-18)33-2/h3-13,16H,14-15,17H2,1-2H3,(H,27,31). The van der Waals surface area contributed by atoms with Crippen LogP contribution < -0.4 is 19.7 Å². The van der Waals surface area contributed by atoms with Crippen molar-refractivity contribution in [2.24, 2.45) is 0 Å². The first kappa shape index (κ1) is 22.2. The summed E-state index contributed by atoms with van der Waals surface area (Å²) in [6.07, 6.45) is 0. The van der Waals surface area contributed by atoms with Gasteiger partial charge in [-0.2, -0.15) is 0 Å². The number of thioether (sulfide) groups is 1. The highest BCUT2D eigenvalue weighted by Crippen LogP contribution is 2.54. The van der Waals surface area contributed by atoms with E-state index >= 15 is 0 Å². The molecule has 8 heteroatoms. The zero-order valence-corrected chi connectivity index (χ0v) is 19.8. The average Bonchev–Trinajstić information content (AvgIpc) is 3.42. The number of benzene rings is 3. The first-order chi connectivity index (χ1) is 16.6. The molecule has 1 fully saturated rings. The highest BCUT2D eigenvalue weighted by Gasteiger charge is 2.59. The van der Waals surface area contributed by atoms with E-state index < -0.39 is 4.87 Å². The summed E-state index contributed by atoms with van der Waals surface area (Å²) in [7, 11) is 3.22. The van der Waals surface area contributed by atoms with Crippen molar-refractivity contribution in [2.45, 2.75) is 11.4 Å². The number of hydrogen-bond acceptors (Lipinski definition) is 5. The van der Waals surface area contributed by atoms with Gasteiger partial charge in [0.05, 0.1) is 26.5 Å². The van der Waals surface area contributed by atoms with Gasteiger partial charge in [0.15, 0.2) is 4.87 Å². The fourth-order valence-electron chi connectivity index (χ4n) is 4.54. The minimum absolute atomic E-state index is 0.107. The van der Waals surface area contributed by atoms with Gasteiger partial charge in [0.1, 0.15) is 11.5 Å². The summed E-state index contributed by atoms with van der Waals surface area (Å²) in [6, 6.07) is 22.3. The Labute approximate surface area is 202 Å². The van der Waals surface area contributed by atoms with Gasteiger partial charge in [-0.3, -0.25) is 9.69 Å². The van der Waals surface area contributed by atoms with Crippen LogP contribution in [0.25, 0.3) is 0 Å². The molecular weight excluding hydrogens is 450 g/mol. The first-order valence-corrected chi connectivity index (χ1v) is 12.0. The van der Waals surface area contributed by atoms with Crippen LogP contribution >= 0.6 is 11.8 Å². The third-order valence-corrected chi connectivity index (χ3v) is 7.58. The maximum absolute atomic E-state index is 14.0. The van der Waals surface area contributed by atoms with Gasteiger partial charge >= 0.3 is 6.03 Å². The monoisotopic (exact) mass is 475 g/mol. The first-order valence-electron chi connectivity index (χ1n) is 11.0. The highest BCUT2D eigenvalue weighted by atomic mass is 32.2. The maximum atomic E-state index is 14.0. The molecule has 2 heterocycles. The topological polar surface area (TPSA) is 71.1 Å². The fourth-order valence-corrected chi connectivity index (χ4v) is 6.00. The summed E-state index contributed by atoms with van der Waals surface area (Å²) in [5, 5.41) is 2.95. The Morgan fingerprint density at radius 3 is 2.53 bits per heavy atom. The fraction of sp³-hybridized carbons (Fsp3) is 0.231. The van der Waals surface area contributed by atoms with E-state index in [1.54, 1.807) is 48.3 Å². The number of urea groups is 1. The molecule has 2 aliphatic rings. The number of carbonyl (C=O) groups is 2. The lowest BCUT2D eigenvalue weighted by atomic mass is 10.1. The number of para-hydroxylation sites is 1. The molecule has 1 unspecified atom stereocenters. The Balaban J connectivity index is 1.47. The van der Waals surface area contributed by atoms with Crippen LogP contribution in [0.1, 0.15) is 11.1 Å². The minimum atomic E-state index is -1.09. The van der Waals surface area contributed by atoms with Crippen LogP contribution in [0.3, 0.4) is 0 Å². The van der Waals surface area contributed by atoms with E-state index in [0.29, 0.717) is 30.3 Å². The molecule has 3 aromatic carbocycles. The second-order valence-electron chi connectivity index (χ2n) is 8.06. The van der Waals surface area contributed by atoms with Gasteiger partial charge in [0, 0.05) is 23.5 Å². The molecular formula is C26H25N3O4S. The van der Waals surface area contributed by atoms with E-state index in [9.17, 15) is 9.59 Å². The summed E-state index contributed by atoms with van der Waals surface area (Å²) in [5.41, 5.74) is 3.27. The molecule has 5 rings (SSSR count). The second kappa shape index (κ2) is 8.95. The van der Waals surface area contributed by atoms with E-state index in [-0.39, 0.29) is 11.9 Å². The molecule has 0 saturated carbocycles. The Kier molecular flexibility index (Phi) is 5.83. The molecule has 0 bridgehead atoms. The van der Waals surface area contributed by atoms with Gasteiger partial charge < -0.3 is 19.7 Å². The van der Waals surface area contributed by atoms with Crippen molar-refractivity contribution < 1.29 is 19.1 Å². The van der Waals surface area contributed by atoms with E-state index in [1.807, 2.05) is 48.5 Å². The maximum Gasteiger partial charge on any atom is 0.323 e. The number of carbonyl (C=O) groups excluding carboxylic acids is 2. The van der Waals surface area contributed by atoms with Crippen LogP contribution in [-0.2, 0) is 16.2 Å². The average molecular weight is 476 g/mol. The van der Waals surface area contributed by atoms with Crippen LogP contribution in [0.5, 0.6) is 11.5 Å². The van der Waals surface area contributed by atoms with Crippen molar-refractivity contribution in [3.63, 3.8) is 0 Å². The van der Waals surface area contributed by atoms with E-state index in [0.717, 1.165) is 22.6 Å². The summed E-state index contributed by atoms with van der Waals surface area (Å²) in [6.45, 7) is 0.864. The van der Waals surface area contributed by atoms with Crippen molar-refractivity contribution >= 4 is 35.1 Å². The van der Waals surface area contributed by atoms with Gasteiger partial charge in [-0.25, -0.2) is 4.79 Å². The summed E-state index contributed by atoms with van der Waals surface area (Å²) < 4.78 is 10.5. The van der Waals surface area contributed by atoms with Crippen molar-refractivity contribution in [3.8, 4) is 11.5 Å². The molecule has 0 aromatic heterocycles. The third kappa shape index (κ3) is 3.64. The Morgan fingerprint density at radius 2 is 1.76 bits per heavy atom. The molecule has 1 spiro atoms. The lowest BCUT2D eigenvalue weighted by Gasteiger charge is -2.33. The van der Waals surface area contributed by atoms with E-state index in [4.69, 9.17) is 9.47 Å². The molecule has 3 amide bonds. The van der Waals surface area contributed by atoms with Crippen LogP contribution in [0.15, 0.2) is 72.8 Å². The summed E-state index contributed by atoms with van der Waals surface area (Å²) in [4.78, 5) is 29.8. The molecule has 0 aliphatic carbocycles. The normalized spacial score (nSPS) is 18.8.